The molecule has 19 heteroatoms. The molecule has 0 saturated carbocycles. The van der Waals surface area contributed by atoms with E-state index in [0.717, 1.165) is 0 Å². The molecule has 0 unspecified atom stereocenters. The summed E-state index contributed by atoms with van der Waals surface area (Å²) in [6.45, 7) is 7.65. The SMILES string of the molecule is CC(C)C[C@H](NC(=O)CNC(=O)CNC(=O)[C@H](CCCN=C(N)N)NC(=O)[C@@H](N)[C@@H](C)O)C(=O)N1CCC[C@H]1C(=O)N[C@H](C(=O)O)C(C)C. The molecule has 6 amide bonds. The first kappa shape index (κ1) is 42.5. The maximum Gasteiger partial charge on any atom is 0.326 e. The van der Waals surface area contributed by atoms with Gasteiger partial charge in [0, 0.05) is 13.1 Å². The number of guanidine groups is 1. The molecule has 1 aliphatic rings. The number of likely N-dealkylation sites (tertiary alicyclic amines) is 1. The van der Waals surface area contributed by atoms with Gasteiger partial charge in [0.1, 0.15) is 30.2 Å². The number of amides is 6. The van der Waals surface area contributed by atoms with Crippen molar-refractivity contribution >= 4 is 47.4 Å². The van der Waals surface area contributed by atoms with Gasteiger partial charge in [-0.3, -0.25) is 33.8 Å². The molecule has 19 nitrogen and oxygen atoms in total. The van der Waals surface area contributed by atoms with Crippen LogP contribution in [0.2, 0.25) is 0 Å². The maximum atomic E-state index is 13.6. The van der Waals surface area contributed by atoms with Crippen molar-refractivity contribution in [1.29, 1.82) is 0 Å². The van der Waals surface area contributed by atoms with E-state index in [1.165, 1.54) is 11.8 Å². The van der Waals surface area contributed by atoms with Crippen LogP contribution in [0.1, 0.15) is 66.7 Å². The lowest BCUT2D eigenvalue weighted by atomic mass is 10.0. The number of hydrogen-bond donors (Lipinski definition) is 10. The number of aliphatic imine (C=N–C) groups is 1. The van der Waals surface area contributed by atoms with Crippen LogP contribution >= 0.6 is 0 Å². The summed E-state index contributed by atoms with van der Waals surface area (Å²) in [5.41, 5.74) is 16.3. The highest BCUT2D eigenvalue weighted by atomic mass is 16.4. The Labute approximate surface area is 285 Å². The summed E-state index contributed by atoms with van der Waals surface area (Å²) in [4.78, 5) is 93.8. The van der Waals surface area contributed by atoms with Gasteiger partial charge >= 0.3 is 5.97 Å². The number of carbonyl (C=O) groups is 7. The number of carboxylic acids is 1. The molecule has 0 bridgehead atoms. The highest BCUT2D eigenvalue weighted by Crippen LogP contribution is 2.21. The Balaban J connectivity index is 2.81. The van der Waals surface area contributed by atoms with E-state index in [2.05, 4.69) is 31.6 Å². The molecular formula is C30H54N10O9. The number of aliphatic carboxylic acids is 1. The summed E-state index contributed by atoms with van der Waals surface area (Å²) in [7, 11) is 0. The van der Waals surface area contributed by atoms with Gasteiger partial charge in [-0.25, -0.2) is 4.79 Å². The van der Waals surface area contributed by atoms with Crippen molar-refractivity contribution in [2.24, 2.45) is 34.0 Å². The van der Waals surface area contributed by atoms with E-state index >= 15 is 0 Å². The van der Waals surface area contributed by atoms with Crippen LogP contribution in [0.25, 0.3) is 0 Å². The zero-order valence-corrected chi connectivity index (χ0v) is 28.9. The molecule has 1 aliphatic heterocycles. The van der Waals surface area contributed by atoms with Gasteiger partial charge in [0.25, 0.3) is 0 Å². The van der Waals surface area contributed by atoms with Crippen LogP contribution in [0.4, 0.5) is 0 Å². The van der Waals surface area contributed by atoms with Crippen LogP contribution in [0.3, 0.4) is 0 Å². The van der Waals surface area contributed by atoms with Gasteiger partial charge in [-0.2, -0.15) is 0 Å². The molecule has 1 heterocycles. The van der Waals surface area contributed by atoms with Crippen LogP contribution in [0, 0.1) is 11.8 Å². The third-order valence-electron chi connectivity index (χ3n) is 7.68. The van der Waals surface area contributed by atoms with E-state index in [1.54, 1.807) is 13.8 Å². The van der Waals surface area contributed by atoms with E-state index in [4.69, 9.17) is 17.2 Å². The molecule has 1 saturated heterocycles. The molecule has 49 heavy (non-hydrogen) atoms. The molecule has 6 atom stereocenters. The third kappa shape index (κ3) is 15.1. The van der Waals surface area contributed by atoms with Gasteiger partial charge in [0.05, 0.1) is 19.2 Å². The van der Waals surface area contributed by atoms with E-state index in [0.29, 0.717) is 12.8 Å². The molecular weight excluding hydrogens is 644 g/mol. The van der Waals surface area contributed by atoms with Gasteiger partial charge in [-0.1, -0.05) is 27.7 Å². The van der Waals surface area contributed by atoms with E-state index in [-0.39, 0.29) is 50.1 Å². The van der Waals surface area contributed by atoms with Gasteiger partial charge in [0.15, 0.2) is 5.96 Å². The second-order valence-corrected chi connectivity index (χ2v) is 12.8. The van der Waals surface area contributed by atoms with Gasteiger partial charge in [-0.15, -0.1) is 0 Å². The minimum absolute atomic E-state index is 0.0330. The second kappa shape index (κ2) is 20.8. The first-order valence-corrected chi connectivity index (χ1v) is 16.3. The Bertz CT molecular complexity index is 1210. The predicted octanol–water partition coefficient (Wildman–Crippen LogP) is -3.79. The van der Waals surface area contributed by atoms with Crippen LogP contribution in [0.15, 0.2) is 4.99 Å². The molecule has 13 N–H and O–H groups in total. The standard InChI is InChI=1S/C30H54N10O9/c1-15(2)12-19(28(47)40-11-7-9-20(40)26(45)39-24(16(3)4)29(48)49)37-22(43)14-35-21(42)13-36-25(44)18(8-6-10-34-30(32)33)38-27(46)23(31)17(5)41/h15-20,23-24,41H,6-14,31H2,1-5H3,(H,35,42)(H,36,44)(H,37,43)(H,38,46)(H,39,45)(H,48,49)(H4,32,33,34)/t17-,18+,19+,20+,23+,24+/m1/s1. The van der Waals surface area contributed by atoms with Crippen molar-refractivity contribution in [2.45, 2.75) is 103 Å². The smallest absolute Gasteiger partial charge is 0.326 e. The number of carboxylic acid groups (broad SMARTS) is 1. The van der Waals surface area contributed by atoms with E-state index < -0.39 is 90.8 Å². The first-order chi connectivity index (χ1) is 22.8. The zero-order valence-electron chi connectivity index (χ0n) is 28.9. The van der Waals surface area contributed by atoms with Gasteiger partial charge in [-0.05, 0) is 50.9 Å². The van der Waals surface area contributed by atoms with Crippen molar-refractivity contribution < 1.29 is 43.8 Å². The molecule has 0 radical (unpaired) electrons. The van der Waals surface area contributed by atoms with Crippen molar-refractivity contribution in [1.82, 2.24) is 31.5 Å². The number of nitrogens with two attached hydrogens (primary N) is 3. The Hall–Kier alpha value is -4.52. The number of rotatable bonds is 20. The Kier molecular flexibility index (Phi) is 18.0. The summed E-state index contributed by atoms with van der Waals surface area (Å²) in [6, 6.07) is -5.48. The number of nitrogens with one attached hydrogen (secondary N) is 5. The normalized spacial score (nSPS) is 17.2. The average Bonchev–Trinajstić information content (AvgIpc) is 3.51. The minimum Gasteiger partial charge on any atom is -0.480 e. The fourth-order valence-corrected chi connectivity index (χ4v) is 5.00. The predicted molar refractivity (Wildman–Crippen MR) is 178 cm³/mol. The van der Waals surface area contributed by atoms with Crippen molar-refractivity contribution in [3.63, 3.8) is 0 Å². The summed E-state index contributed by atoms with van der Waals surface area (Å²) < 4.78 is 0. The van der Waals surface area contributed by atoms with E-state index in [1.807, 2.05) is 13.8 Å². The molecule has 0 aliphatic carbocycles. The van der Waals surface area contributed by atoms with Gasteiger partial charge in [0.2, 0.25) is 35.4 Å². The Morgan fingerprint density at radius 1 is 0.878 bits per heavy atom. The maximum absolute atomic E-state index is 13.6. The summed E-state index contributed by atoms with van der Waals surface area (Å²) >= 11 is 0. The quantitative estimate of drug-likeness (QED) is 0.0333. The second-order valence-electron chi connectivity index (χ2n) is 12.8. The highest BCUT2D eigenvalue weighted by molar-refractivity contribution is 5.95. The fourth-order valence-electron chi connectivity index (χ4n) is 5.00. The number of hydrogen-bond acceptors (Lipinski definition) is 10. The minimum atomic E-state index is -1.30. The lowest BCUT2D eigenvalue weighted by Gasteiger charge is -2.30. The zero-order chi connectivity index (χ0) is 37.4. The summed E-state index contributed by atoms with van der Waals surface area (Å²) in [5, 5.41) is 31.3. The molecule has 0 aromatic rings. The monoisotopic (exact) mass is 698 g/mol. The summed E-state index contributed by atoms with van der Waals surface area (Å²) in [6.07, 6.45) is 0.260. The van der Waals surface area contributed by atoms with Crippen LogP contribution < -0.4 is 43.8 Å². The van der Waals surface area contributed by atoms with Gasteiger partial charge < -0.3 is 58.9 Å². The molecule has 1 fully saturated rings. The number of aliphatic hydroxyl groups excluding tert-OH is 1. The molecule has 0 spiro atoms. The van der Waals surface area contributed by atoms with Crippen LogP contribution in [-0.4, -0.2) is 125 Å². The molecule has 278 valence electrons. The lowest BCUT2D eigenvalue weighted by Crippen LogP contribution is -2.57. The third-order valence-corrected chi connectivity index (χ3v) is 7.68. The Morgan fingerprint density at radius 2 is 1.51 bits per heavy atom. The lowest BCUT2D eigenvalue weighted by molar-refractivity contribution is -0.145. The fraction of sp³-hybridized carbons (Fsp3) is 0.733. The first-order valence-electron chi connectivity index (χ1n) is 16.3. The molecule has 0 aromatic carbocycles. The number of carbonyl (C=O) groups excluding carboxylic acids is 6. The van der Waals surface area contributed by atoms with E-state index in [9.17, 15) is 43.8 Å². The highest BCUT2D eigenvalue weighted by Gasteiger charge is 2.39. The molecule has 0 aromatic heterocycles. The largest absolute Gasteiger partial charge is 0.480 e. The van der Waals surface area contributed by atoms with Crippen LogP contribution in [0.5, 0.6) is 0 Å². The van der Waals surface area contributed by atoms with Crippen molar-refractivity contribution in [2.75, 3.05) is 26.2 Å². The summed E-state index contributed by atoms with van der Waals surface area (Å²) in [5.74, 6) is -5.79. The van der Waals surface area contributed by atoms with Crippen molar-refractivity contribution in [3.05, 3.63) is 0 Å². The van der Waals surface area contributed by atoms with Crippen LogP contribution in [-0.2, 0) is 33.6 Å². The average molecular weight is 699 g/mol. The van der Waals surface area contributed by atoms with Crippen molar-refractivity contribution in [3.8, 4) is 0 Å². The number of nitrogens with zero attached hydrogens (tertiary/aromatic N) is 2. The Morgan fingerprint density at radius 3 is 2.06 bits per heavy atom. The molecule has 1 rings (SSSR count). The number of aliphatic hydroxyl groups is 1. The topological polar surface area (TPSA) is 314 Å².